The molecule has 3 amide bonds. The van der Waals surface area contributed by atoms with Crippen LogP contribution in [-0.4, -0.2) is 63.3 Å². The van der Waals surface area contributed by atoms with Crippen molar-refractivity contribution in [3.05, 3.63) is 42.0 Å². The standard InChI is InChI=1S/C25H29N7O4/c1-15(36-19-9-22(29-26-10-19)28-25(35)17-6-7-17)20-12-31-11-18(16-4-5-16)8-21(24(31)27-20)32(14-33)13-23(34)30(2)3/h8-12,14-17H,4-7,13H2,1-3H3,(H,28,29,35). The lowest BCUT2D eigenvalue weighted by Crippen LogP contribution is -2.36. The van der Waals surface area contributed by atoms with Crippen molar-refractivity contribution in [3.63, 3.8) is 0 Å². The highest BCUT2D eigenvalue weighted by Crippen LogP contribution is 2.42. The first-order valence-electron chi connectivity index (χ1n) is 12.1. The van der Waals surface area contributed by atoms with Crippen LogP contribution in [-0.2, 0) is 14.4 Å². The summed E-state index contributed by atoms with van der Waals surface area (Å²) < 4.78 is 7.96. The number of hydrogen-bond donors (Lipinski definition) is 1. The van der Waals surface area contributed by atoms with Crippen LogP contribution in [0.4, 0.5) is 11.5 Å². The second-order valence-corrected chi connectivity index (χ2v) is 9.65. The van der Waals surface area contributed by atoms with Crippen LogP contribution in [0.3, 0.4) is 0 Å². The third kappa shape index (κ3) is 5.14. The fraction of sp³-hybridized carbons (Fsp3) is 0.440. The van der Waals surface area contributed by atoms with Crippen molar-refractivity contribution in [2.45, 2.75) is 44.6 Å². The van der Waals surface area contributed by atoms with Crippen molar-refractivity contribution in [1.82, 2.24) is 24.5 Å². The minimum absolute atomic E-state index is 0.0543. The van der Waals surface area contributed by atoms with Crippen molar-refractivity contribution in [2.24, 2.45) is 5.92 Å². The van der Waals surface area contributed by atoms with Gasteiger partial charge >= 0.3 is 0 Å². The van der Waals surface area contributed by atoms with E-state index >= 15 is 0 Å². The molecule has 2 fully saturated rings. The summed E-state index contributed by atoms with van der Waals surface area (Å²) in [6.45, 7) is 1.78. The van der Waals surface area contributed by atoms with E-state index in [-0.39, 0.29) is 24.3 Å². The summed E-state index contributed by atoms with van der Waals surface area (Å²) in [4.78, 5) is 44.0. The van der Waals surface area contributed by atoms with E-state index in [0.717, 1.165) is 31.2 Å². The van der Waals surface area contributed by atoms with Gasteiger partial charge < -0.3 is 24.3 Å². The maximum Gasteiger partial charge on any atom is 0.242 e. The molecule has 2 saturated carbocycles. The Morgan fingerprint density at radius 3 is 2.67 bits per heavy atom. The number of ether oxygens (including phenoxy) is 1. The number of carbonyl (C=O) groups excluding carboxylic acids is 3. The Balaban J connectivity index is 1.41. The highest BCUT2D eigenvalue weighted by molar-refractivity contribution is 5.93. The van der Waals surface area contributed by atoms with Gasteiger partial charge in [0, 0.05) is 38.5 Å². The van der Waals surface area contributed by atoms with Crippen molar-refractivity contribution in [3.8, 4) is 5.75 Å². The number of likely N-dealkylation sites (N-methyl/N-ethyl adjacent to an activating group) is 1. The summed E-state index contributed by atoms with van der Waals surface area (Å²) >= 11 is 0. The predicted octanol–water partition coefficient (Wildman–Crippen LogP) is 2.54. The van der Waals surface area contributed by atoms with Gasteiger partial charge in [-0.3, -0.25) is 14.4 Å². The number of pyridine rings is 1. The fourth-order valence-corrected chi connectivity index (χ4v) is 3.95. The summed E-state index contributed by atoms with van der Waals surface area (Å²) in [5.74, 6) is 1.05. The van der Waals surface area contributed by atoms with Crippen LogP contribution in [0.15, 0.2) is 30.7 Å². The number of aromatic nitrogens is 4. The smallest absolute Gasteiger partial charge is 0.242 e. The molecule has 0 bridgehead atoms. The minimum atomic E-state index is -0.452. The first kappa shape index (κ1) is 23.7. The van der Waals surface area contributed by atoms with Gasteiger partial charge in [0.2, 0.25) is 18.2 Å². The molecular formula is C25H29N7O4. The zero-order chi connectivity index (χ0) is 25.4. The average molecular weight is 492 g/mol. The topological polar surface area (TPSA) is 122 Å². The normalized spacial score (nSPS) is 15.9. The number of nitrogens with one attached hydrogen (secondary N) is 1. The van der Waals surface area contributed by atoms with E-state index in [9.17, 15) is 14.4 Å². The number of anilines is 2. The van der Waals surface area contributed by atoms with E-state index < -0.39 is 6.10 Å². The van der Waals surface area contributed by atoms with Gasteiger partial charge in [0.25, 0.3) is 0 Å². The molecule has 2 aliphatic carbocycles. The average Bonchev–Trinajstić information content (AvgIpc) is 3.78. The van der Waals surface area contributed by atoms with Gasteiger partial charge in [-0.05, 0) is 50.2 Å². The molecule has 11 heteroatoms. The molecule has 1 unspecified atom stereocenters. The maximum absolute atomic E-state index is 12.3. The first-order chi connectivity index (χ1) is 17.3. The van der Waals surface area contributed by atoms with Gasteiger partial charge in [-0.15, -0.1) is 5.10 Å². The van der Waals surface area contributed by atoms with Crippen LogP contribution in [0.2, 0.25) is 0 Å². The molecule has 188 valence electrons. The van der Waals surface area contributed by atoms with E-state index in [2.05, 4.69) is 15.5 Å². The number of rotatable bonds is 10. The van der Waals surface area contributed by atoms with Gasteiger partial charge in [0.05, 0.1) is 17.6 Å². The molecule has 0 aliphatic heterocycles. The molecule has 0 spiro atoms. The van der Waals surface area contributed by atoms with Gasteiger partial charge in [-0.2, -0.15) is 5.10 Å². The van der Waals surface area contributed by atoms with Gasteiger partial charge in [0.15, 0.2) is 11.5 Å². The number of imidazole rings is 1. The predicted molar refractivity (Wildman–Crippen MR) is 132 cm³/mol. The molecule has 0 radical (unpaired) electrons. The van der Waals surface area contributed by atoms with Crippen LogP contribution in [0.1, 0.15) is 55.9 Å². The lowest BCUT2D eigenvalue weighted by molar-refractivity contribution is -0.128. The zero-order valence-electron chi connectivity index (χ0n) is 20.5. The van der Waals surface area contributed by atoms with Gasteiger partial charge in [-0.1, -0.05) is 0 Å². The third-order valence-corrected chi connectivity index (χ3v) is 6.42. The van der Waals surface area contributed by atoms with E-state index in [0.29, 0.717) is 40.9 Å². The number of fused-ring (bicyclic) bond motifs is 1. The van der Waals surface area contributed by atoms with Crippen molar-refractivity contribution in [1.29, 1.82) is 0 Å². The SMILES string of the molecule is CC(Oc1cnnc(NC(=O)C2CC2)c1)c1cn2cc(C3CC3)cc(N(C=O)CC(=O)N(C)C)c2n1. The number of amides is 3. The molecular weight excluding hydrogens is 462 g/mol. The highest BCUT2D eigenvalue weighted by Gasteiger charge is 2.30. The molecule has 0 aromatic carbocycles. The molecule has 5 rings (SSSR count). The Labute approximate surface area is 208 Å². The molecule has 2 aliphatic rings. The Kier molecular flexibility index (Phi) is 6.29. The molecule has 3 aromatic rings. The van der Waals surface area contributed by atoms with E-state index in [1.54, 1.807) is 20.2 Å². The largest absolute Gasteiger partial charge is 0.483 e. The van der Waals surface area contributed by atoms with Gasteiger partial charge in [0.1, 0.15) is 18.4 Å². The molecule has 11 nitrogen and oxygen atoms in total. The Morgan fingerprint density at radius 2 is 2.00 bits per heavy atom. The number of hydrogen-bond acceptors (Lipinski definition) is 7. The van der Waals surface area contributed by atoms with E-state index in [1.807, 2.05) is 29.8 Å². The van der Waals surface area contributed by atoms with Crippen molar-refractivity contribution < 1.29 is 19.1 Å². The maximum atomic E-state index is 12.3. The van der Waals surface area contributed by atoms with Crippen molar-refractivity contribution in [2.75, 3.05) is 30.9 Å². The molecule has 0 saturated heterocycles. The fourth-order valence-electron chi connectivity index (χ4n) is 3.95. The second kappa shape index (κ2) is 9.56. The van der Waals surface area contributed by atoms with Crippen LogP contribution < -0.4 is 15.0 Å². The molecule has 3 heterocycles. The van der Waals surface area contributed by atoms with E-state index in [1.165, 1.54) is 16.0 Å². The minimum Gasteiger partial charge on any atom is -0.483 e. The summed E-state index contributed by atoms with van der Waals surface area (Å²) in [6.07, 6.45) is 9.58. The summed E-state index contributed by atoms with van der Waals surface area (Å²) in [7, 11) is 3.32. The van der Waals surface area contributed by atoms with Crippen LogP contribution in [0, 0.1) is 5.92 Å². The number of carbonyl (C=O) groups is 3. The Morgan fingerprint density at radius 1 is 1.22 bits per heavy atom. The summed E-state index contributed by atoms with van der Waals surface area (Å²) in [5, 5.41) is 10.7. The molecule has 3 aromatic heterocycles. The lowest BCUT2D eigenvalue weighted by Gasteiger charge is -2.20. The monoisotopic (exact) mass is 491 g/mol. The van der Waals surface area contributed by atoms with Crippen LogP contribution in [0.25, 0.3) is 5.65 Å². The lowest BCUT2D eigenvalue weighted by atomic mass is 10.1. The molecule has 36 heavy (non-hydrogen) atoms. The van der Waals surface area contributed by atoms with Gasteiger partial charge in [-0.25, -0.2) is 4.98 Å². The summed E-state index contributed by atoms with van der Waals surface area (Å²) in [5.41, 5.74) is 2.90. The quantitative estimate of drug-likeness (QED) is 0.433. The highest BCUT2D eigenvalue weighted by atomic mass is 16.5. The Bertz CT molecular complexity index is 1310. The molecule has 1 N–H and O–H groups in total. The third-order valence-electron chi connectivity index (χ3n) is 6.42. The van der Waals surface area contributed by atoms with Crippen molar-refractivity contribution >= 4 is 35.4 Å². The Hall–Kier alpha value is -4.02. The second-order valence-electron chi connectivity index (χ2n) is 9.65. The number of nitrogens with zero attached hydrogens (tertiary/aromatic N) is 6. The molecule has 1 atom stereocenters. The zero-order valence-corrected chi connectivity index (χ0v) is 20.5. The van der Waals surface area contributed by atoms with Crippen LogP contribution >= 0.6 is 0 Å². The van der Waals surface area contributed by atoms with Crippen LogP contribution in [0.5, 0.6) is 5.75 Å². The van der Waals surface area contributed by atoms with E-state index in [4.69, 9.17) is 9.72 Å². The summed E-state index contributed by atoms with van der Waals surface area (Å²) in [6, 6.07) is 3.59. The first-order valence-corrected chi connectivity index (χ1v) is 12.1.